The lowest BCUT2D eigenvalue weighted by atomic mass is 10.2. The van der Waals surface area contributed by atoms with Crippen LogP contribution >= 0.6 is 11.6 Å². The molecule has 0 bridgehead atoms. The molecular weight excluding hydrogens is 296 g/mol. The number of halogens is 1. The number of benzene rings is 1. The van der Waals surface area contributed by atoms with E-state index in [4.69, 9.17) is 11.6 Å². The molecule has 1 aromatic heterocycles. The van der Waals surface area contributed by atoms with Crippen molar-refractivity contribution in [3.8, 4) is 0 Å². The van der Waals surface area contributed by atoms with Gasteiger partial charge in [-0.05, 0) is 12.1 Å². The Hall–Kier alpha value is -2.41. The van der Waals surface area contributed by atoms with Crippen LogP contribution < -0.4 is 5.32 Å². The Morgan fingerprint density at radius 3 is 2.86 bits per heavy atom. The molecule has 7 nitrogen and oxygen atoms in total. The molecule has 0 saturated heterocycles. The number of nitrogens with zero attached hydrogens (tertiary/aromatic N) is 3. The minimum atomic E-state index is -0.616. The molecule has 0 radical (unpaired) electrons. The number of hydrogen-bond donors (Lipinski definition) is 1. The first-order valence-corrected chi connectivity index (χ1v) is 6.56. The van der Waals surface area contributed by atoms with E-state index < -0.39 is 10.8 Å². The van der Waals surface area contributed by atoms with Gasteiger partial charge in [0.25, 0.3) is 11.6 Å². The summed E-state index contributed by atoms with van der Waals surface area (Å²) in [6.45, 7) is 0.386. The summed E-state index contributed by atoms with van der Waals surface area (Å²) in [6.07, 6.45) is 2.28. The van der Waals surface area contributed by atoms with Crippen LogP contribution in [0.1, 0.15) is 16.1 Å². The van der Waals surface area contributed by atoms with Crippen molar-refractivity contribution in [2.45, 2.75) is 6.42 Å². The number of carbonyl (C=O) groups excluding carboxylic acids is 1. The van der Waals surface area contributed by atoms with E-state index >= 15 is 0 Å². The minimum Gasteiger partial charge on any atom is -0.352 e. The molecule has 0 fully saturated rings. The third kappa shape index (κ3) is 3.38. The summed E-state index contributed by atoms with van der Waals surface area (Å²) in [5, 5.41) is 17.3. The van der Waals surface area contributed by atoms with Gasteiger partial charge in [-0.1, -0.05) is 17.7 Å². The second-order valence-corrected chi connectivity index (χ2v) is 4.73. The molecular formula is C13H13ClN4O3. The fraction of sp³-hybridized carbons (Fsp3) is 0.231. The van der Waals surface area contributed by atoms with Crippen LogP contribution in [-0.2, 0) is 13.5 Å². The van der Waals surface area contributed by atoms with E-state index in [-0.39, 0.29) is 16.3 Å². The Morgan fingerprint density at radius 2 is 2.24 bits per heavy atom. The van der Waals surface area contributed by atoms with E-state index in [0.717, 1.165) is 5.69 Å². The summed E-state index contributed by atoms with van der Waals surface area (Å²) in [6, 6.07) is 6.00. The van der Waals surface area contributed by atoms with Crippen molar-refractivity contribution in [3.05, 3.63) is 56.9 Å². The van der Waals surface area contributed by atoms with Crippen LogP contribution in [0.25, 0.3) is 0 Å². The fourth-order valence-electron chi connectivity index (χ4n) is 1.88. The van der Waals surface area contributed by atoms with Gasteiger partial charge in [0.1, 0.15) is 5.02 Å². The molecule has 8 heteroatoms. The monoisotopic (exact) mass is 308 g/mol. The molecule has 0 aliphatic heterocycles. The molecule has 1 N–H and O–H groups in total. The van der Waals surface area contributed by atoms with Crippen molar-refractivity contribution in [1.29, 1.82) is 0 Å². The predicted octanol–water partition coefficient (Wildman–Crippen LogP) is 1.95. The average Bonchev–Trinajstić information content (AvgIpc) is 2.84. The maximum absolute atomic E-state index is 12.0. The number of rotatable bonds is 5. The first-order chi connectivity index (χ1) is 10.0. The summed E-state index contributed by atoms with van der Waals surface area (Å²) < 4.78 is 1.71. The molecule has 110 valence electrons. The van der Waals surface area contributed by atoms with E-state index in [0.29, 0.717) is 13.0 Å². The lowest BCUT2D eigenvalue weighted by molar-refractivity contribution is -0.384. The van der Waals surface area contributed by atoms with Gasteiger partial charge in [-0.3, -0.25) is 19.6 Å². The second kappa shape index (κ2) is 6.36. The summed E-state index contributed by atoms with van der Waals surface area (Å²) in [7, 11) is 1.81. The van der Waals surface area contributed by atoms with Crippen molar-refractivity contribution < 1.29 is 9.72 Å². The molecule has 0 aliphatic rings. The van der Waals surface area contributed by atoms with Gasteiger partial charge >= 0.3 is 0 Å². The second-order valence-electron chi connectivity index (χ2n) is 4.35. The molecule has 0 spiro atoms. The Labute approximate surface area is 125 Å². The molecule has 2 aromatic rings. The van der Waals surface area contributed by atoms with Crippen LogP contribution in [0.2, 0.25) is 5.02 Å². The van der Waals surface area contributed by atoms with Crippen molar-refractivity contribution in [2.24, 2.45) is 7.05 Å². The van der Waals surface area contributed by atoms with Crippen molar-refractivity contribution >= 4 is 23.2 Å². The Morgan fingerprint density at radius 1 is 1.48 bits per heavy atom. The topological polar surface area (TPSA) is 90.1 Å². The van der Waals surface area contributed by atoms with E-state index in [9.17, 15) is 14.9 Å². The standard InChI is InChI=1S/C13H13ClN4O3/c1-17-9(6-8-16-17)5-7-15-13(19)10-3-2-4-11(12(10)14)18(20)21/h2-4,6,8H,5,7H2,1H3,(H,15,19). The van der Waals surface area contributed by atoms with Crippen LogP contribution in [0.3, 0.4) is 0 Å². The largest absolute Gasteiger partial charge is 0.352 e. The highest BCUT2D eigenvalue weighted by Crippen LogP contribution is 2.27. The van der Waals surface area contributed by atoms with Crippen LogP contribution in [0, 0.1) is 10.1 Å². The number of carbonyl (C=O) groups is 1. The van der Waals surface area contributed by atoms with Crippen molar-refractivity contribution in [3.63, 3.8) is 0 Å². The van der Waals surface area contributed by atoms with Crippen LogP contribution in [0.5, 0.6) is 0 Å². The zero-order valence-electron chi connectivity index (χ0n) is 11.2. The van der Waals surface area contributed by atoms with Crippen molar-refractivity contribution in [1.82, 2.24) is 15.1 Å². The maximum atomic E-state index is 12.0. The number of aromatic nitrogens is 2. The Bertz CT molecular complexity index is 684. The number of aryl methyl sites for hydroxylation is 1. The Balaban J connectivity index is 2.02. The summed E-state index contributed by atoms with van der Waals surface area (Å²) in [5.74, 6) is -0.439. The van der Waals surface area contributed by atoms with Gasteiger partial charge in [0.05, 0.1) is 10.5 Å². The van der Waals surface area contributed by atoms with Crippen molar-refractivity contribution in [2.75, 3.05) is 6.54 Å². The van der Waals surface area contributed by atoms with Gasteiger partial charge in [-0.2, -0.15) is 5.10 Å². The predicted molar refractivity (Wildman–Crippen MR) is 77.4 cm³/mol. The molecule has 0 aliphatic carbocycles. The lowest BCUT2D eigenvalue weighted by Crippen LogP contribution is -2.26. The number of nitro groups is 1. The highest BCUT2D eigenvalue weighted by atomic mass is 35.5. The summed E-state index contributed by atoms with van der Waals surface area (Å²) in [4.78, 5) is 22.2. The van der Waals surface area contributed by atoms with E-state index in [1.807, 2.05) is 13.1 Å². The number of nitrogens with one attached hydrogen (secondary N) is 1. The van der Waals surface area contributed by atoms with E-state index in [1.165, 1.54) is 18.2 Å². The van der Waals surface area contributed by atoms with Gasteiger partial charge in [-0.25, -0.2) is 0 Å². The molecule has 0 unspecified atom stereocenters. The van der Waals surface area contributed by atoms with Gasteiger partial charge in [0, 0.05) is 38.0 Å². The highest BCUT2D eigenvalue weighted by molar-refractivity contribution is 6.35. The van der Waals surface area contributed by atoms with Crippen LogP contribution in [-0.4, -0.2) is 27.2 Å². The zero-order valence-corrected chi connectivity index (χ0v) is 12.0. The van der Waals surface area contributed by atoms with Crippen LogP contribution in [0.15, 0.2) is 30.5 Å². The minimum absolute atomic E-state index is 0.0934. The lowest BCUT2D eigenvalue weighted by Gasteiger charge is -2.07. The molecule has 1 amide bonds. The SMILES string of the molecule is Cn1nccc1CCNC(=O)c1cccc([N+](=O)[O-])c1Cl. The molecule has 0 saturated carbocycles. The normalized spacial score (nSPS) is 10.4. The van der Waals surface area contributed by atoms with Gasteiger partial charge in [0.15, 0.2) is 0 Å². The first kappa shape index (κ1) is 15.0. The molecule has 21 heavy (non-hydrogen) atoms. The maximum Gasteiger partial charge on any atom is 0.288 e. The summed E-state index contributed by atoms with van der Waals surface area (Å²) in [5.41, 5.74) is 0.785. The van der Waals surface area contributed by atoms with E-state index in [2.05, 4.69) is 10.4 Å². The third-order valence-corrected chi connectivity index (χ3v) is 3.41. The third-order valence-electron chi connectivity index (χ3n) is 3.01. The Kier molecular flexibility index (Phi) is 4.54. The van der Waals surface area contributed by atoms with Gasteiger partial charge in [0.2, 0.25) is 0 Å². The van der Waals surface area contributed by atoms with Gasteiger partial charge in [-0.15, -0.1) is 0 Å². The molecule has 1 heterocycles. The smallest absolute Gasteiger partial charge is 0.288 e. The zero-order chi connectivity index (χ0) is 15.4. The van der Waals surface area contributed by atoms with Gasteiger partial charge < -0.3 is 5.32 Å². The number of nitro benzene ring substituents is 1. The quantitative estimate of drug-likeness (QED) is 0.675. The molecule has 2 rings (SSSR count). The van der Waals surface area contributed by atoms with E-state index in [1.54, 1.807) is 10.9 Å². The fourth-order valence-corrected chi connectivity index (χ4v) is 2.16. The number of amides is 1. The highest BCUT2D eigenvalue weighted by Gasteiger charge is 2.19. The molecule has 1 aromatic carbocycles. The van der Waals surface area contributed by atoms with Crippen LogP contribution in [0.4, 0.5) is 5.69 Å². The first-order valence-electron chi connectivity index (χ1n) is 6.18. The number of hydrogen-bond acceptors (Lipinski definition) is 4. The summed E-state index contributed by atoms with van der Waals surface area (Å²) >= 11 is 5.89. The average molecular weight is 309 g/mol. The molecule has 0 atom stereocenters.